The average molecular weight is 244 g/mol. The highest BCUT2D eigenvalue weighted by Crippen LogP contribution is 2.20. The lowest BCUT2D eigenvalue weighted by Crippen LogP contribution is -2.10. The normalized spacial score (nSPS) is 10.7. The van der Waals surface area contributed by atoms with Gasteiger partial charge in [-0.2, -0.15) is 16.9 Å². The lowest BCUT2D eigenvalue weighted by Gasteiger charge is -2.07. The van der Waals surface area contributed by atoms with Crippen LogP contribution in [0.5, 0.6) is 0 Å². The fourth-order valence-corrected chi connectivity index (χ4v) is 2.18. The van der Waals surface area contributed by atoms with Gasteiger partial charge in [0.25, 0.3) is 0 Å². The van der Waals surface area contributed by atoms with E-state index in [0.717, 1.165) is 41.7 Å². The maximum absolute atomic E-state index is 8.62. The Morgan fingerprint density at radius 3 is 2.81 bits per heavy atom. The number of thioether (sulfide) groups is 1. The molecule has 0 aliphatic carbocycles. The number of aromatic nitrogens is 2. The van der Waals surface area contributed by atoms with Gasteiger partial charge in [-0.05, 0) is 19.1 Å². The molecule has 1 aromatic rings. The van der Waals surface area contributed by atoms with Crippen molar-refractivity contribution < 1.29 is 5.11 Å². The highest BCUT2D eigenvalue weighted by atomic mass is 32.2. The van der Waals surface area contributed by atoms with Crippen molar-refractivity contribution in [1.29, 1.82) is 0 Å². The van der Waals surface area contributed by atoms with Gasteiger partial charge < -0.3 is 16.2 Å². The topological polar surface area (TPSA) is 76.1 Å². The number of nitrogens with one attached hydrogen (secondary N) is 1. The summed E-state index contributed by atoms with van der Waals surface area (Å²) in [6, 6.07) is 0. The molecule has 0 saturated heterocycles. The van der Waals surface area contributed by atoms with Crippen LogP contribution in [0.1, 0.15) is 12.1 Å². The van der Waals surface area contributed by atoms with E-state index < -0.39 is 0 Å². The molecule has 1 rings (SSSR count). The number of aryl methyl sites for hydroxylation is 2. The summed E-state index contributed by atoms with van der Waals surface area (Å²) in [7, 11) is 1.88. The minimum Gasteiger partial charge on any atom is -0.396 e. The number of nitrogens with two attached hydrogens (primary N) is 1. The van der Waals surface area contributed by atoms with Crippen molar-refractivity contribution in [2.45, 2.75) is 13.3 Å². The molecule has 0 amide bonds. The zero-order valence-electron chi connectivity index (χ0n) is 9.86. The van der Waals surface area contributed by atoms with Gasteiger partial charge >= 0.3 is 0 Å². The van der Waals surface area contributed by atoms with Crippen LogP contribution >= 0.6 is 11.8 Å². The third-order valence-corrected chi connectivity index (χ3v) is 3.32. The Kier molecular flexibility index (Phi) is 5.48. The standard InChI is InChI=1S/C10H20N4OS/c1-8-9(11)10(14(2)13-8)12-4-7-16-6-3-5-15/h12,15H,3-7,11H2,1-2H3. The summed E-state index contributed by atoms with van der Waals surface area (Å²) < 4.78 is 1.77. The number of nitrogens with zero attached hydrogens (tertiary/aromatic N) is 2. The summed E-state index contributed by atoms with van der Waals surface area (Å²) >= 11 is 1.82. The predicted molar refractivity (Wildman–Crippen MR) is 69.9 cm³/mol. The molecule has 0 unspecified atom stereocenters. The van der Waals surface area contributed by atoms with E-state index in [2.05, 4.69) is 10.4 Å². The molecule has 0 aromatic carbocycles. The van der Waals surface area contributed by atoms with Crippen LogP contribution in [0, 0.1) is 6.92 Å². The Morgan fingerprint density at radius 1 is 1.50 bits per heavy atom. The minimum absolute atomic E-state index is 0.272. The van der Waals surface area contributed by atoms with E-state index in [0.29, 0.717) is 0 Å². The van der Waals surface area contributed by atoms with Gasteiger partial charge in [-0.15, -0.1) is 0 Å². The Hall–Kier alpha value is -0.880. The Balaban J connectivity index is 2.26. The maximum atomic E-state index is 8.62. The summed E-state index contributed by atoms with van der Waals surface area (Å²) in [6.45, 7) is 3.03. The highest BCUT2D eigenvalue weighted by molar-refractivity contribution is 7.99. The van der Waals surface area contributed by atoms with Gasteiger partial charge in [0, 0.05) is 26.0 Å². The SMILES string of the molecule is Cc1nn(C)c(NCCSCCCO)c1N. The first-order chi connectivity index (χ1) is 7.66. The number of rotatable bonds is 7. The lowest BCUT2D eigenvalue weighted by atomic mass is 10.4. The first kappa shape index (κ1) is 13.2. The van der Waals surface area contributed by atoms with Gasteiger partial charge in [-0.3, -0.25) is 4.68 Å². The number of anilines is 2. The van der Waals surface area contributed by atoms with E-state index in [1.54, 1.807) is 4.68 Å². The number of hydrogen-bond donors (Lipinski definition) is 3. The average Bonchev–Trinajstić information content (AvgIpc) is 2.49. The lowest BCUT2D eigenvalue weighted by molar-refractivity contribution is 0.296. The summed E-state index contributed by atoms with van der Waals surface area (Å²) in [6.07, 6.45) is 0.859. The molecule has 0 radical (unpaired) electrons. The number of hydrogen-bond acceptors (Lipinski definition) is 5. The van der Waals surface area contributed by atoms with Gasteiger partial charge in [0.05, 0.1) is 11.4 Å². The maximum Gasteiger partial charge on any atom is 0.147 e. The molecule has 4 N–H and O–H groups in total. The highest BCUT2D eigenvalue weighted by Gasteiger charge is 2.08. The van der Waals surface area contributed by atoms with Crippen LogP contribution < -0.4 is 11.1 Å². The van der Waals surface area contributed by atoms with Crippen molar-refractivity contribution in [3.05, 3.63) is 5.69 Å². The molecule has 0 aliphatic heterocycles. The molecule has 16 heavy (non-hydrogen) atoms. The first-order valence-corrected chi connectivity index (χ1v) is 6.53. The van der Waals surface area contributed by atoms with Gasteiger partial charge in [0.1, 0.15) is 5.82 Å². The second-order valence-electron chi connectivity index (χ2n) is 3.59. The molecule has 0 fully saturated rings. The largest absolute Gasteiger partial charge is 0.396 e. The van der Waals surface area contributed by atoms with Crippen molar-refractivity contribution in [3.8, 4) is 0 Å². The van der Waals surface area contributed by atoms with E-state index in [-0.39, 0.29) is 6.61 Å². The van der Waals surface area contributed by atoms with Crippen LogP contribution in [0.2, 0.25) is 0 Å². The summed E-state index contributed by atoms with van der Waals surface area (Å²) in [4.78, 5) is 0. The molecular formula is C10H20N4OS. The van der Waals surface area contributed by atoms with Crippen molar-refractivity contribution in [3.63, 3.8) is 0 Å². The van der Waals surface area contributed by atoms with E-state index in [4.69, 9.17) is 10.8 Å². The quantitative estimate of drug-likeness (QED) is 0.620. The molecule has 92 valence electrons. The smallest absolute Gasteiger partial charge is 0.147 e. The van der Waals surface area contributed by atoms with E-state index >= 15 is 0 Å². The minimum atomic E-state index is 0.272. The summed E-state index contributed by atoms with van der Waals surface area (Å²) in [5.41, 5.74) is 7.46. The van der Waals surface area contributed by atoms with Crippen LogP contribution in [0.4, 0.5) is 11.5 Å². The van der Waals surface area contributed by atoms with Crippen LogP contribution in [0.3, 0.4) is 0 Å². The molecule has 5 nitrogen and oxygen atoms in total. The Bertz CT molecular complexity index is 327. The molecule has 1 aromatic heterocycles. The van der Waals surface area contributed by atoms with Gasteiger partial charge in [0.15, 0.2) is 0 Å². The Labute approximate surface area is 100 Å². The van der Waals surface area contributed by atoms with Crippen LogP contribution in [0.15, 0.2) is 0 Å². The fourth-order valence-electron chi connectivity index (χ4n) is 1.39. The first-order valence-electron chi connectivity index (χ1n) is 5.38. The molecule has 0 spiro atoms. The third kappa shape index (κ3) is 3.61. The van der Waals surface area contributed by atoms with Gasteiger partial charge in [-0.1, -0.05) is 0 Å². The zero-order chi connectivity index (χ0) is 12.0. The molecule has 1 heterocycles. The number of aliphatic hydroxyl groups is 1. The third-order valence-electron chi connectivity index (χ3n) is 2.25. The molecular weight excluding hydrogens is 224 g/mol. The second-order valence-corrected chi connectivity index (χ2v) is 4.81. The molecule has 6 heteroatoms. The zero-order valence-corrected chi connectivity index (χ0v) is 10.7. The summed E-state index contributed by atoms with van der Waals surface area (Å²) in [5.74, 6) is 2.89. The van der Waals surface area contributed by atoms with E-state index in [9.17, 15) is 0 Å². The fraction of sp³-hybridized carbons (Fsp3) is 0.700. The monoisotopic (exact) mass is 244 g/mol. The number of nitrogen functional groups attached to an aromatic ring is 1. The van der Waals surface area contributed by atoms with Crippen molar-refractivity contribution >= 4 is 23.3 Å². The molecule has 0 saturated carbocycles. The van der Waals surface area contributed by atoms with Crippen molar-refractivity contribution in [1.82, 2.24) is 9.78 Å². The molecule has 0 aliphatic rings. The number of aliphatic hydroxyl groups excluding tert-OH is 1. The molecule has 0 bridgehead atoms. The van der Waals surface area contributed by atoms with Crippen molar-refractivity contribution in [2.24, 2.45) is 7.05 Å². The van der Waals surface area contributed by atoms with E-state index in [1.165, 1.54) is 0 Å². The van der Waals surface area contributed by atoms with Crippen LogP contribution in [-0.2, 0) is 7.05 Å². The summed E-state index contributed by atoms with van der Waals surface area (Å²) in [5, 5.41) is 16.1. The Morgan fingerprint density at radius 2 is 2.25 bits per heavy atom. The van der Waals surface area contributed by atoms with Gasteiger partial charge in [-0.25, -0.2) is 0 Å². The van der Waals surface area contributed by atoms with Crippen molar-refractivity contribution in [2.75, 3.05) is 35.7 Å². The van der Waals surface area contributed by atoms with E-state index in [1.807, 2.05) is 25.7 Å². The predicted octanol–water partition coefficient (Wildman–Crippen LogP) is 0.838. The molecule has 0 atom stereocenters. The van der Waals surface area contributed by atoms with Crippen LogP contribution in [-0.4, -0.2) is 39.5 Å². The second kappa shape index (κ2) is 6.65. The van der Waals surface area contributed by atoms with Crippen LogP contribution in [0.25, 0.3) is 0 Å². The van der Waals surface area contributed by atoms with Gasteiger partial charge in [0.2, 0.25) is 0 Å².